The third-order valence-corrected chi connectivity index (χ3v) is 9.90. The van der Waals surface area contributed by atoms with Crippen LogP contribution in [0.4, 0.5) is 0 Å². The fourth-order valence-electron chi connectivity index (χ4n) is 7.97. The Hall–Kier alpha value is -1.67. The highest BCUT2D eigenvalue weighted by molar-refractivity contribution is 5.94. The van der Waals surface area contributed by atoms with Crippen molar-refractivity contribution in [3.8, 4) is 0 Å². The maximum atomic E-state index is 14.0. The number of amides is 2. The van der Waals surface area contributed by atoms with Crippen molar-refractivity contribution in [2.24, 2.45) is 23.2 Å². The Kier molecular flexibility index (Phi) is 7.64. The molecule has 5 fully saturated rings. The molecule has 0 aromatic rings. The SMILES string of the molecule is COC(=O)[C@@H]1CC2CCCC3C2N1C(=O)[C@@H](NC(=O)[C@@H](OC1CCCCO1)C1CCCCC1)C3(C)C. The predicted octanol–water partition coefficient (Wildman–Crippen LogP) is 3.56. The van der Waals surface area contributed by atoms with E-state index in [1.165, 1.54) is 13.5 Å². The maximum absolute atomic E-state index is 14.0. The molecule has 2 aliphatic carbocycles. The molecule has 2 saturated carbocycles. The molecule has 0 spiro atoms. The van der Waals surface area contributed by atoms with E-state index in [0.29, 0.717) is 18.9 Å². The predicted molar refractivity (Wildman–Crippen MR) is 133 cm³/mol. The molecule has 0 aromatic heterocycles. The normalized spacial score (nSPS) is 37.2. The molecule has 4 unspecified atom stereocenters. The number of nitrogens with zero attached hydrogens (tertiary/aromatic N) is 1. The molecule has 0 bridgehead atoms. The number of rotatable bonds is 6. The Bertz CT molecular complexity index is 834. The fourth-order valence-corrected chi connectivity index (χ4v) is 7.97. The first-order valence-corrected chi connectivity index (χ1v) is 14.3. The quantitative estimate of drug-likeness (QED) is 0.556. The van der Waals surface area contributed by atoms with E-state index >= 15 is 0 Å². The average Bonchev–Trinajstić information content (AvgIpc) is 3.29. The van der Waals surface area contributed by atoms with E-state index in [2.05, 4.69) is 19.2 Å². The Morgan fingerprint density at radius 2 is 1.78 bits per heavy atom. The second-order valence-corrected chi connectivity index (χ2v) is 12.3. The molecular weight excluding hydrogens is 460 g/mol. The number of ether oxygens (including phenoxy) is 3. The Morgan fingerprint density at radius 3 is 2.47 bits per heavy atom. The summed E-state index contributed by atoms with van der Waals surface area (Å²) in [6, 6.07) is -1.22. The summed E-state index contributed by atoms with van der Waals surface area (Å²) in [5.41, 5.74) is -0.421. The number of nitrogens with one attached hydrogen (secondary N) is 1. The second-order valence-electron chi connectivity index (χ2n) is 12.3. The zero-order valence-electron chi connectivity index (χ0n) is 22.2. The molecule has 2 amide bonds. The highest BCUT2D eigenvalue weighted by Crippen LogP contribution is 2.54. The van der Waals surface area contributed by atoms with Crippen molar-refractivity contribution in [1.82, 2.24) is 10.2 Å². The summed E-state index contributed by atoms with van der Waals surface area (Å²) in [6.45, 7) is 4.89. The highest BCUT2D eigenvalue weighted by atomic mass is 16.7. The van der Waals surface area contributed by atoms with Gasteiger partial charge in [-0.3, -0.25) is 9.59 Å². The van der Waals surface area contributed by atoms with Gasteiger partial charge in [0.25, 0.3) is 0 Å². The van der Waals surface area contributed by atoms with Gasteiger partial charge >= 0.3 is 5.97 Å². The van der Waals surface area contributed by atoms with Gasteiger partial charge in [-0.2, -0.15) is 0 Å². The van der Waals surface area contributed by atoms with Gasteiger partial charge in [0, 0.05) is 12.6 Å². The largest absolute Gasteiger partial charge is 0.467 e. The number of hydrogen-bond acceptors (Lipinski definition) is 6. The first-order valence-electron chi connectivity index (χ1n) is 14.3. The third-order valence-electron chi connectivity index (χ3n) is 9.90. The summed E-state index contributed by atoms with van der Waals surface area (Å²) in [5.74, 6) is -0.0291. The van der Waals surface area contributed by atoms with Crippen molar-refractivity contribution in [1.29, 1.82) is 0 Å². The molecule has 3 aliphatic heterocycles. The monoisotopic (exact) mass is 504 g/mol. The number of hydrogen-bond donors (Lipinski definition) is 1. The standard InChI is InChI=1S/C28H44N2O6/c1-28(2)19-13-9-12-18-16-20(27(33)34-3)30(22(18)19)26(32)24(28)29-25(31)23(17-10-5-4-6-11-17)36-21-14-7-8-15-35-21/h17-24H,4-16H2,1-3H3,(H,29,31)/t18?,19?,20-,21?,22?,23-,24+/m0/s1. The molecule has 8 nitrogen and oxygen atoms in total. The molecule has 8 heteroatoms. The summed E-state index contributed by atoms with van der Waals surface area (Å²) >= 11 is 0. The topological polar surface area (TPSA) is 94.2 Å². The Labute approximate surface area is 215 Å². The van der Waals surface area contributed by atoms with Gasteiger partial charge in [0.15, 0.2) is 6.29 Å². The van der Waals surface area contributed by atoms with Gasteiger partial charge in [-0.15, -0.1) is 0 Å². The molecule has 3 heterocycles. The minimum Gasteiger partial charge on any atom is -0.467 e. The second kappa shape index (κ2) is 10.6. The van der Waals surface area contributed by atoms with Crippen LogP contribution >= 0.6 is 0 Å². The van der Waals surface area contributed by atoms with E-state index in [9.17, 15) is 14.4 Å². The van der Waals surface area contributed by atoms with Crippen molar-refractivity contribution in [2.75, 3.05) is 13.7 Å². The van der Waals surface area contributed by atoms with E-state index in [-0.39, 0.29) is 42.0 Å². The zero-order valence-corrected chi connectivity index (χ0v) is 22.2. The van der Waals surface area contributed by atoms with Crippen LogP contribution in [0.1, 0.15) is 90.9 Å². The summed E-state index contributed by atoms with van der Waals surface area (Å²) in [6.07, 6.45) is 10.9. The lowest BCUT2D eigenvalue weighted by Gasteiger charge is -2.55. The average molecular weight is 505 g/mol. The molecule has 0 aromatic carbocycles. The Morgan fingerprint density at radius 1 is 1.03 bits per heavy atom. The highest BCUT2D eigenvalue weighted by Gasteiger charge is 2.62. The van der Waals surface area contributed by atoms with Gasteiger partial charge in [0.2, 0.25) is 11.8 Å². The summed E-state index contributed by atoms with van der Waals surface area (Å²) in [7, 11) is 1.39. The van der Waals surface area contributed by atoms with Crippen LogP contribution in [-0.2, 0) is 28.6 Å². The van der Waals surface area contributed by atoms with Crippen LogP contribution < -0.4 is 5.32 Å². The zero-order chi connectivity index (χ0) is 25.4. The Balaban J connectivity index is 1.39. The number of esters is 1. The van der Waals surface area contributed by atoms with Gasteiger partial charge in [-0.25, -0.2) is 4.79 Å². The van der Waals surface area contributed by atoms with Crippen LogP contribution in [0.3, 0.4) is 0 Å². The molecule has 7 atom stereocenters. The lowest BCUT2D eigenvalue weighted by Crippen LogP contribution is -2.69. The first kappa shape index (κ1) is 26.0. The van der Waals surface area contributed by atoms with Crippen LogP contribution in [0, 0.1) is 23.2 Å². The molecular formula is C28H44N2O6. The summed E-state index contributed by atoms with van der Waals surface area (Å²) in [5, 5.41) is 3.18. The number of methoxy groups -OCH3 is 1. The van der Waals surface area contributed by atoms with Crippen LogP contribution in [0.5, 0.6) is 0 Å². The minimum absolute atomic E-state index is 0.0412. The van der Waals surface area contributed by atoms with E-state index in [0.717, 1.165) is 64.2 Å². The van der Waals surface area contributed by atoms with Crippen molar-refractivity contribution in [3.05, 3.63) is 0 Å². The van der Waals surface area contributed by atoms with Gasteiger partial charge in [-0.05, 0) is 74.5 Å². The molecule has 5 rings (SSSR count). The van der Waals surface area contributed by atoms with E-state index in [4.69, 9.17) is 14.2 Å². The maximum Gasteiger partial charge on any atom is 0.328 e. The number of piperidine rings is 1. The van der Waals surface area contributed by atoms with Gasteiger partial charge in [-0.1, -0.05) is 39.5 Å². The molecule has 5 aliphatic rings. The fraction of sp³-hybridized carbons (Fsp3) is 0.893. The minimum atomic E-state index is -0.697. The summed E-state index contributed by atoms with van der Waals surface area (Å²) < 4.78 is 17.3. The van der Waals surface area contributed by atoms with Crippen LogP contribution in [0.15, 0.2) is 0 Å². The van der Waals surface area contributed by atoms with Gasteiger partial charge in [0.05, 0.1) is 7.11 Å². The number of carbonyl (C=O) groups is 3. The summed E-state index contributed by atoms with van der Waals surface area (Å²) in [4.78, 5) is 42.4. The lowest BCUT2D eigenvalue weighted by atomic mass is 9.60. The van der Waals surface area contributed by atoms with Crippen LogP contribution in [-0.4, -0.2) is 66.9 Å². The molecule has 202 valence electrons. The molecule has 3 saturated heterocycles. The molecule has 36 heavy (non-hydrogen) atoms. The smallest absolute Gasteiger partial charge is 0.328 e. The third kappa shape index (κ3) is 4.68. The van der Waals surface area contributed by atoms with Crippen molar-refractivity contribution < 1.29 is 28.6 Å². The lowest BCUT2D eigenvalue weighted by molar-refractivity contribution is -0.204. The number of carbonyl (C=O) groups excluding carboxylic acids is 3. The van der Waals surface area contributed by atoms with Crippen LogP contribution in [0.2, 0.25) is 0 Å². The van der Waals surface area contributed by atoms with Crippen molar-refractivity contribution in [2.45, 2.75) is 121 Å². The van der Waals surface area contributed by atoms with Gasteiger partial charge < -0.3 is 24.4 Å². The molecule has 0 radical (unpaired) electrons. The first-order chi connectivity index (χ1) is 17.3. The van der Waals surface area contributed by atoms with Crippen molar-refractivity contribution >= 4 is 17.8 Å². The molecule has 1 N–H and O–H groups in total. The van der Waals surface area contributed by atoms with Crippen LogP contribution in [0.25, 0.3) is 0 Å². The van der Waals surface area contributed by atoms with Crippen molar-refractivity contribution in [3.63, 3.8) is 0 Å². The van der Waals surface area contributed by atoms with E-state index in [1.54, 1.807) is 4.90 Å². The van der Waals surface area contributed by atoms with E-state index in [1.807, 2.05) is 0 Å². The van der Waals surface area contributed by atoms with E-state index < -0.39 is 23.6 Å². The van der Waals surface area contributed by atoms with Gasteiger partial charge in [0.1, 0.15) is 18.2 Å².